The van der Waals surface area contributed by atoms with E-state index >= 15 is 0 Å². The second-order valence-corrected chi connectivity index (χ2v) is 5.60. The molecule has 1 aliphatic heterocycles. The number of nitrogens with one attached hydrogen (secondary N) is 2. The summed E-state index contributed by atoms with van der Waals surface area (Å²) in [6.07, 6.45) is 4.67. The first-order valence-corrected chi connectivity index (χ1v) is 7.51. The highest BCUT2D eigenvalue weighted by Gasteiger charge is 2.19. The van der Waals surface area contributed by atoms with Gasteiger partial charge in [-0.2, -0.15) is 11.8 Å². The van der Waals surface area contributed by atoms with Gasteiger partial charge in [0.1, 0.15) is 0 Å². The molecule has 0 saturated carbocycles. The van der Waals surface area contributed by atoms with Gasteiger partial charge in [-0.1, -0.05) is 13.3 Å². The zero-order valence-electron chi connectivity index (χ0n) is 10.4. The Bertz CT molecular complexity index is 205. The Kier molecular flexibility index (Phi) is 6.88. The average Bonchev–Trinajstić information content (AvgIpc) is 2.30. The molecule has 3 nitrogen and oxygen atoms in total. The first-order chi connectivity index (χ1) is 7.74. The van der Waals surface area contributed by atoms with Gasteiger partial charge in [-0.3, -0.25) is 4.79 Å². The van der Waals surface area contributed by atoms with E-state index in [1.165, 1.54) is 18.6 Å². The van der Waals surface area contributed by atoms with Crippen LogP contribution in [0.4, 0.5) is 0 Å². The Labute approximate surface area is 103 Å². The highest BCUT2D eigenvalue weighted by Crippen LogP contribution is 2.17. The molecule has 0 aromatic carbocycles. The predicted molar refractivity (Wildman–Crippen MR) is 70.9 cm³/mol. The number of carbonyl (C=O) groups excluding carboxylic acids is 1. The minimum absolute atomic E-state index is 0.0550. The molecule has 0 aliphatic carbocycles. The fraction of sp³-hybridized carbons (Fsp3) is 0.917. The molecule has 2 N–H and O–H groups in total. The van der Waals surface area contributed by atoms with Gasteiger partial charge in [-0.15, -0.1) is 0 Å². The summed E-state index contributed by atoms with van der Waals surface area (Å²) in [5, 5.41) is 6.38. The molecule has 1 fully saturated rings. The molecule has 1 saturated heterocycles. The lowest BCUT2D eigenvalue weighted by atomic mass is 10.1. The van der Waals surface area contributed by atoms with Crippen molar-refractivity contribution in [3.63, 3.8) is 0 Å². The van der Waals surface area contributed by atoms with Crippen molar-refractivity contribution in [2.75, 3.05) is 18.1 Å². The van der Waals surface area contributed by atoms with Crippen molar-refractivity contribution in [3.05, 3.63) is 0 Å². The van der Waals surface area contributed by atoms with Crippen LogP contribution < -0.4 is 10.6 Å². The molecule has 1 aliphatic rings. The first kappa shape index (κ1) is 13.8. The third kappa shape index (κ3) is 5.21. The second kappa shape index (κ2) is 7.96. The maximum absolute atomic E-state index is 11.7. The van der Waals surface area contributed by atoms with Gasteiger partial charge in [0, 0.05) is 18.3 Å². The zero-order valence-corrected chi connectivity index (χ0v) is 11.2. The van der Waals surface area contributed by atoms with Gasteiger partial charge < -0.3 is 10.6 Å². The van der Waals surface area contributed by atoms with Crippen LogP contribution >= 0.6 is 11.8 Å². The SMILES string of the molecule is CCCCNC(=O)C(C)NC1CCCSC1. The third-order valence-electron chi connectivity index (χ3n) is 2.87. The van der Waals surface area contributed by atoms with Crippen molar-refractivity contribution in [1.29, 1.82) is 0 Å². The van der Waals surface area contributed by atoms with Crippen LogP contribution in [0.3, 0.4) is 0 Å². The van der Waals surface area contributed by atoms with Gasteiger partial charge in [-0.25, -0.2) is 0 Å². The topological polar surface area (TPSA) is 41.1 Å². The summed E-state index contributed by atoms with van der Waals surface area (Å²) < 4.78 is 0. The van der Waals surface area contributed by atoms with E-state index in [4.69, 9.17) is 0 Å². The molecule has 94 valence electrons. The van der Waals surface area contributed by atoms with Crippen LogP contribution in [-0.2, 0) is 4.79 Å². The standard InChI is InChI=1S/C12H24N2OS/c1-3-4-7-13-12(15)10(2)14-11-6-5-8-16-9-11/h10-11,14H,3-9H2,1-2H3,(H,13,15). The highest BCUT2D eigenvalue weighted by molar-refractivity contribution is 7.99. The molecule has 1 rings (SSSR count). The number of amides is 1. The van der Waals surface area contributed by atoms with Crippen LogP contribution in [0, 0.1) is 0 Å². The molecular formula is C12H24N2OS. The number of carbonyl (C=O) groups is 1. The summed E-state index contributed by atoms with van der Waals surface area (Å²) in [6.45, 7) is 4.90. The van der Waals surface area contributed by atoms with E-state index in [0.717, 1.165) is 25.1 Å². The smallest absolute Gasteiger partial charge is 0.236 e. The maximum Gasteiger partial charge on any atom is 0.236 e. The van der Waals surface area contributed by atoms with Crippen molar-refractivity contribution in [2.24, 2.45) is 0 Å². The van der Waals surface area contributed by atoms with Crippen LogP contribution in [0.1, 0.15) is 39.5 Å². The molecule has 0 aromatic rings. The van der Waals surface area contributed by atoms with E-state index in [9.17, 15) is 4.79 Å². The van der Waals surface area contributed by atoms with Crippen LogP contribution in [0.15, 0.2) is 0 Å². The van der Waals surface area contributed by atoms with Crippen LogP contribution in [0.25, 0.3) is 0 Å². The van der Waals surface area contributed by atoms with E-state index in [0.29, 0.717) is 6.04 Å². The summed E-state index contributed by atoms with van der Waals surface area (Å²) >= 11 is 1.98. The molecule has 2 atom stereocenters. The van der Waals surface area contributed by atoms with Crippen molar-refractivity contribution >= 4 is 17.7 Å². The molecule has 0 aromatic heterocycles. The highest BCUT2D eigenvalue weighted by atomic mass is 32.2. The molecule has 16 heavy (non-hydrogen) atoms. The van der Waals surface area contributed by atoms with Crippen molar-refractivity contribution in [2.45, 2.75) is 51.6 Å². The Balaban J connectivity index is 2.16. The normalized spacial score (nSPS) is 22.8. The van der Waals surface area contributed by atoms with Crippen LogP contribution in [0.2, 0.25) is 0 Å². The molecule has 4 heteroatoms. The number of hydrogen-bond donors (Lipinski definition) is 2. The maximum atomic E-state index is 11.7. The number of thioether (sulfide) groups is 1. The Morgan fingerprint density at radius 1 is 1.56 bits per heavy atom. The lowest BCUT2D eigenvalue weighted by Gasteiger charge is -2.25. The minimum atomic E-state index is -0.0550. The summed E-state index contributed by atoms with van der Waals surface area (Å²) in [4.78, 5) is 11.7. The molecular weight excluding hydrogens is 220 g/mol. The van der Waals surface area contributed by atoms with Crippen molar-refractivity contribution in [1.82, 2.24) is 10.6 Å². The summed E-state index contributed by atoms with van der Waals surface area (Å²) in [6, 6.07) is 0.464. The van der Waals surface area contributed by atoms with E-state index < -0.39 is 0 Å². The molecule has 1 amide bonds. The predicted octanol–water partition coefficient (Wildman–Crippen LogP) is 1.78. The number of hydrogen-bond acceptors (Lipinski definition) is 3. The Hall–Kier alpha value is -0.220. The van der Waals surface area contributed by atoms with E-state index in [2.05, 4.69) is 17.6 Å². The summed E-state index contributed by atoms with van der Waals surface area (Å²) in [5.74, 6) is 2.56. The van der Waals surface area contributed by atoms with Crippen molar-refractivity contribution < 1.29 is 4.79 Å². The molecule has 2 unspecified atom stereocenters. The van der Waals surface area contributed by atoms with Gasteiger partial charge in [0.15, 0.2) is 0 Å². The number of rotatable bonds is 6. The molecule has 1 heterocycles. The number of unbranched alkanes of at least 4 members (excludes halogenated alkanes) is 1. The summed E-state index contributed by atoms with van der Waals surface area (Å²) in [7, 11) is 0. The van der Waals surface area contributed by atoms with Crippen LogP contribution in [-0.4, -0.2) is 36.0 Å². The lowest BCUT2D eigenvalue weighted by Crippen LogP contribution is -2.48. The lowest BCUT2D eigenvalue weighted by molar-refractivity contribution is -0.122. The zero-order chi connectivity index (χ0) is 11.8. The minimum Gasteiger partial charge on any atom is -0.355 e. The average molecular weight is 244 g/mol. The first-order valence-electron chi connectivity index (χ1n) is 6.35. The van der Waals surface area contributed by atoms with Gasteiger partial charge in [-0.05, 0) is 31.9 Å². The fourth-order valence-corrected chi connectivity index (χ4v) is 2.93. The van der Waals surface area contributed by atoms with Gasteiger partial charge in [0.2, 0.25) is 5.91 Å². The van der Waals surface area contributed by atoms with Crippen molar-refractivity contribution in [3.8, 4) is 0 Å². The Morgan fingerprint density at radius 2 is 2.38 bits per heavy atom. The second-order valence-electron chi connectivity index (χ2n) is 4.45. The quantitative estimate of drug-likeness (QED) is 0.700. The van der Waals surface area contributed by atoms with E-state index in [1.54, 1.807) is 0 Å². The summed E-state index contributed by atoms with van der Waals surface area (Å²) in [5.41, 5.74) is 0. The van der Waals surface area contributed by atoms with E-state index in [1.807, 2.05) is 18.7 Å². The van der Waals surface area contributed by atoms with Gasteiger partial charge in [0.25, 0.3) is 0 Å². The Morgan fingerprint density at radius 3 is 3.00 bits per heavy atom. The fourth-order valence-electron chi connectivity index (χ4n) is 1.84. The monoisotopic (exact) mass is 244 g/mol. The largest absolute Gasteiger partial charge is 0.355 e. The third-order valence-corrected chi connectivity index (χ3v) is 4.08. The van der Waals surface area contributed by atoms with Gasteiger partial charge in [0.05, 0.1) is 6.04 Å². The van der Waals surface area contributed by atoms with Crippen LogP contribution in [0.5, 0.6) is 0 Å². The molecule has 0 bridgehead atoms. The van der Waals surface area contributed by atoms with E-state index in [-0.39, 0.29) is 11.9 Å². The molecule has 0 radical (unpaired) electrons. The van der Waals surface area contributed by atoms with Gasteiger partial charge >= 0.3 is 0 Å². The molecule has 0 spiro atoms.